The number of fused-ring (bicyclic) bond motifs is 3. The average molecular weight is 437 g/mol. The summed E-state index contributed by atoms with van der Waals surface area (Å²) in [5, 5.41) is 4.82. The lowest BCUT2D eigenvalue weighted by Gasteiger charge is -2.17. The molecule has 0 saturated heterocycles. The van der Waals surface area contributed by atoms with Crippen molar-refractivity contribution in [1.29, 1.82) is 0 Å². The molecule has 1 aliphatic heterocycles. The Morgan fingerprint density at radius 2 is 2.00 bits per heavy atom. The van der Waals surface area contributed by atoms with Crippen LogP contribution in [0.3, 0.4) is 0 Å². The standard InChI is InChI=1S/C18H12BrF3N4O/c19-10-4-13(22)14(5-12(10)21)25-18(27)24-7-16-17-9(2-1-3-11(17)20)15-6-23-8-26(15)16/h1-6,8,16H,7H2,(H2,24,25,27). The molecule has 2 heterocycles. The largest absolute Gasteiger partial charge is 0.335 e. The van der Waals surface area contributed by atoms with Crippen LogP contribution in [0, 0.1) is 17.5 Å². The molecule has 9 heteroatoms. The summed E-state index contributed by atoms with van der Waals surface area (Å²) in [4.78, 5) is 16.2. The summed E-state index contributed by atoms with van der Waals surface area (Å²) in [7, 11) is 0. The maximum Gasteiger partial charge on any atom is 0.319 e. The lowest BCUT2D eigenvalue weighted by Crippen LogP contribution is -2.34. The Balaban J connectivity index is 1.51. The first-order valence-electron chi connectivity index (χ1n) is 7.95. The van der Waals surface area contributed by atoms with Gasteiger partial charge in [0.25, 0.3) is 0 Å². The van der Waals surface area contributed by atoms with Gasteiger partial charge in [-0.25, -0.2) is 22.9 Å². The number of halogens is 4. The third-order valence-electron chi connectivity index (χ3n) is 4.38. The number of nitrogens with one attached hydrogen (secondary N) is 2. The first-order valence-corrected chi connectivity index (χ1v) is 8.75. The SMILES string of the molecule is O=C(NCC1c2c(F)cccc2-c2cncn21)Nc1cc(F)c(Br)cc1F. The lowest BCUT2D eigenvalue weighted by molar-refractivity contribution is 0.251. The van der Waals surface area contributed by atoms with Gasteiger partial charge in [-0.1, -0.05) is 12.1 Å². The van der Waals surface area contributed by atoms with Crippen molar-refractivity contribution in [3.63, 3.8) is 0 Å². The van der Waals surface area contributed by atoms with E-state index in [-0.39, 0.29) is 22.5 Å². The fourth-order valence-electron chi connectivity index (χ4n) is 3.17. The van der Waals surface area contributed by atoms with Crippen LogP contribution >= 0.6 is 15.9 Å². The normalized spacial score (nSPS) is 14.6. The van der Waals surface area contributed by atoms with Crippen molar-refractivity contribution in [3.05, 3.63) is 70.3 Å². The third-order valence-corrected chi connectivity index (χ3v) is 4.99. The van der Waals surface area contributed by atoms with Crippen LogP contribution in [0.15, 0.2) is 47.3 Å². The molecular formula is C18H12BrF3N4O. The van der Waals surface area contributed by atoms with Gasteiger partial charge in [-0.3, -0.25) is 0 Å². The predicted octanol–water partition coefficient (Wildman–Crippen LogP) is 4.45. The molecule has 2 amide bonds. The molecule has 3 aromatic rings. The van der Waals surface area contributed by atoms with Crippen LogP contribution in [0.4, 0.5) is 23.7 Å². The Labute approximate surface area is 160 Å². The van der Waals surface area contributed by atoms with Gasteiger partial charge in [-0.15, -0.1) is 0 Å². The molecule has 1 unspecified atom stereocenters. The van der Waals surface area contributed by atoms with Gasteiger partial charge >= 0.3 is 6.03 Å². The average Bonchev–Trinajstić information content (AvgIpc) is 3.20. The van der Waals surface area contributed by atoms with E-state index in [1.165, 1.54) is 6.07 Å². The molecule has 5 nitrogen and oxygen atoms in total. The van der Waals surface area contributed by atoms with E-state index in [2.05, 4.69) is 31.5 Å². The molecule has 0 aliphatic carbocycles. The summed E-state index contributed by atoms with van der Waals surface area (Å²) < 4.78 is 43.4. The van der Waals surface area contributed by atoms with Gasteiger partial charge in [-0.2, -0.15) is 0 Å². The number of carbonyl (C=O) groups is 1. The predicted molar refractivity (Wildman–Crippen MR) is 96.8 cm³/mol. The molecule has 0 spiro atoms. The number of nitrogens with zero attached hydrogens (tertiary/aromatic N) is 2. The number of benzene rings is 2. The van der Waals surface area contributed by atoms with E-state index >= 15 is 0 Å². The molecule has 4 rings (SSSR count). The molecule has 0 saturated carbocycles. The zero-order chi connectivity index (χ0) is 19.1. The molecule has 0 radical (unpaired) electrons. The van der Waals surface area contributed by atoms with Crippen molar-refractivity contribution < 1.29 is 18.0 Å². The molecule has 0 bridgehead atoms. The van der Waals surface area contributed by atoms with Gasteiger partial charge in [0, 0.05) is 23.7 Å². The van der Waals surface area contributed by atoms with Gasteiger partial charge in [0.1, 0.15) is 17.5 Å². The Bertz CT molecular complexity index is 1050. The second kappa shape index (κ2) is 6.73. The van der Waals surface area contributed by atoms with Crippen molar-refractivity contribution in [2.75, 3.05) is 11.9 Å². The number of anilines is 1. The number of aromatic nitrogens is 2. The van der Waals surface area contributed by atoms with Crippen LogP contribution in [0.5, 0.6) is 0 Å². The highest BCUT2D eigenvalue weighted by molar-refractivity contribution is 9.10. The van der Waals surface area contributed by atoms with Crippen molar-refractivity contribution >= 4 is 27.6 Å². The van der Waals surface area contributed by atoms with Crippen molar-refractivity contribution in [2.24, 2.45) is 0 Å². The summed E-state index contributed by atoms with van der Waals surface area (Å²) >= 11 is 2.87. The third kappa shape index (κ3) is 3.08. The molecule has 1 aliphatic rings. The number of hydrogen-bond acceptors (Lipinski definition) is 2. The van der Waals surface area contributed by atoms with Crippen LogP contribution in [-0.4, -0.2) is 22.1 Å². The van der Waals surface area contributed by atoms with E-state index in [9.17, 15) is 18.0 Å². The molecule has 138 valence electrons. The van der Waals surface area contributed by atoms with Gasteiger partial charge < -0.3 is 15.2 Å². The maximum absolute atomic E-state index is 14.3. The molecule has 0 fully saturated rings. The van der Waals surface area contributed by atoms with Gasteiger partial charge in [0.15, 0.2) is 0 Å². The van der Waals surface area contributed by atoms with Crippen molar-refractivity contribution in [1.82, 2.24) is 14.9 Å². The van der Waals surface area contributed by atoms with E-state index < -0.39 is 23.7 Å². The van der Waals surface area contributed by atoms with E-state index in [0.717, 1.165) is 17.8 Å². The summed E-state index contributed by atoms with van der Waals surface area (Å²) in [5.41, 5.74) is 1.61. The Morgan fingerprint density at radius 3 is 2.81 bits per heavy atom. The van der Waals surface area contributed by atoms with Crippen LogP contribution in [-0.2, 0) is 0 Å². The first kappa shape index (κ1) is 17.6. The zero-order valence-electron chi connectivity index (χ0n) is 13.6. The van der Waals surface area contributed by atoms with Crippen LogP contribution in [0.2, 0.25) is 0 Å². The molecular weight excluding hydrogens is 425 g/mol. The van der Waals surface area contributed by atoms with E-state index in [4.69, 9.17) is 0 Å². The number of urea groups is 1. The minimum absolute atomic E-state index is 0.0448. The number of rotatable bonds is 3. The topological polar surface area (TPSA) is 59.0 Å². The zero-order valence-corrected chi connectivity index (χ0v) is 15.2. The quantitative estimate of drug-likeness (QED) is 0.595. The fourth-order valence-corrected chi connectivity index (χ4v) is 3.49. The van der Waals surface area contributed by atoms with Gasteiger partial charge in [0.05, 0.1) is 34.4 Å². The Hall–Kier alpha value is -2.81. The number of imidazole rings is 1. The monoisotopic (exact) mass is 436 g/mol. The second-order valence-corrected chi connectivity index (χ2v) is 6.84. The van der Waals surface area contributed by atoms with Crippen molar-refractivity contribution in [2.45, 2.75) is 6.04 Å². The minimum atomic E-state index is -0.785. The lowest BCUT2D eigenvalue weighted by atomic mass is 10.0. The van der Waals surface area contributed by atoms with Crippen LogP contribution in [0.1, 0.15) is 11.6 Å². The smallest absolute Gasteiger partial charge is 0.319 e. The summed E-state index contributed by atoms with van der Waals surface area (Å²) in [5.74, 6) is -1.88. The Morgan fingerprint density at radius 1 is 1.19 bits per heavy atom. The molecule has 2 N–H and O–H groups in total. The number of hydrogen-bond donors (Lipinski definition) is 2. The summed E-state index contributed by atoms with van der Waals surface area (Å²) in [6.07, 6.45) is 3.18. The number of carbonyl (C=O) groups excluding carboxylic acids is 1. The highest BCUT2D eigenvalue weighted by atomic mass is 79.9. The van der Waals surface area contributed by atoms with E-state index in [1.807, 2.05) is 0 Å². The van der Waals surface area contributed by atoms with Crippen LogP contribution < -0.4 is 10.6 Å². The maximum atomic E-state index is 14.3. The minimum Gasteiger partial charge on any atom is -0.335 e. The highest BCUT2D eigenvalue weighted by Gasteiger charge is 2.31. The fraction of sp³-hybridized carbons (Fsp3) is 0.111. The first-order chi connectivity index (χ1) is 13.0. The van der Waals surface area contributed by atoms with Crippen molar-refractivity contribution in [3.8, 4) is 11.3 Å². The second-order valence-electron chi connectivity index (χ2n) is 5.98. The van der Waals surface area contributed by atoms with Gasteiger partial charge in [0.2, 0.25) is 0 Å². The number of amides is 2. The molecule has 1 atom stereocenters. The summed E-state index contributed by atoms with van der Waals surface area (Å²) in [6, 6.07) is 5.32. The summed E-state index contributed by atoms with van der Waals surface area (Å²) in [6.45, 7) is 0.0454. The van der Waals surface area contributed by atoms with E-state index in [0.29, 0.717) is 11.1 Å². The Kier molecular flexibility index (Phi) is 4.39. The molecule has 1 aromatic heterocycles. The molecule has 27 heavy (non-hydrogen) atoms. The van der Waals surface area contributed by atoms with Crippen LogP contribution in [0.25, 0.3) is 11.3 Å². The van der Waals surface area contributed by atoms with Gasteiger partial charge in [-0.05, 0) is 28.1 Å². The molecule has 2 aromatic carbocycles. The van der Waals surface area contributed by atoms with E-state index in [1.54, 1.807) is 29.2 Å². The highest BCUT2D eigenvalue weighted by Crippen LogP contribution is 2.40.